The summed E-state index contributed by atoms with van der Waals surface area (Å²) < 4.78 is 0. The van der Waals surface area contributed by atoms with E-state index in [1.807, 2.05) is 4.98 Å². The molecule has 1 saturated heterocycles. The number of piperidine rings is 1. The van der Waals surface area contributed by atoms with Crippen LogP contribution in [0.4, 0.5) is 5.69 Å². The van der Waals surface area contributed by atoms with E-state index < -0.39 is 11.2 Å². The van der Waals surface area contributed by atoms with E-state index in [9.17, 15) is 14.4 Å². The molecule has 0 saturated carbocycles. The first kappa shape index (κ1) is 14.4. The fraction of sp³-hybridized carbons (Fsp3) is 0.615. The number of nitrogen functional groups attached to an aromatic ring is 1. The summed E-state index contributed by atoms with van der Waals surface area (Å²) in [6, 6.07) is 0. The van der Waals surface area contributed by atoms with Gasteiger partial charge in [-0.2, -0.15) is 0 Å². The van der Waals surface area contributed by atoms with Crippen molar-refractivity contribution in [2.75, 3.05) is 18.8 Å². The van der Waals surface area contributed by atoms with Crippen molar-refractivity contribution in [3.8, 4) is 0 Å². The van der Waals surface area contributed by atoms with E-state index in [1.54, 1.807) is 4.90 Å². The molecule has 7 nitrogen and oxygen atoms in total. The lowest BCUT2D eigenvalue weighted by atomic mass is 9.93. The summed E-state index contributed by atoms with van der Waals surface area (Å²) in [5, 5.41) is 0. The Morgan fingerprint density at radius 3 is 2.85 bits per heavy atom. The van der Waals surface area contributed by atoms with Crippen LogP contribution in [0.3, 0.4) is 0 Å². The Bertz CT molecular complexity index is 602. The minimum Gasteiger partial charge on any atom is -0.392 e. The molecule has 0 aliphatic carbocycles. The molecule has 1 aliphatic heterocycles. The Morgan fingerprint density at radius 2 is 2.15 bits per heavy atom. The van der Waals surface area contributed by atoms with Gasteiger partial charge in [-0.05, 0) is 25.2 Å². The standard InChI is InChI=1S/C13H20N4O3/c1-2-4-8-5-3-6-17(7-8)12(19)10-9(14)11(18)16-13(20)15-10/h8H,2-7,14H2,1H3,(H2,15,16,18,20)/t8-/m1/s1. The van der Waals surface area contributed by atoms with E-state index in [0.29, 0.717) is 19.0 Å². The molecule has 4 N–H and O–H groups in total. The number of carbonyl (C=O) groups is 1. The third-order valence-electron chi connectivity index (χ3n) is 3.70. The molecule has 110 valence electrons. The summed E-state index contributed by atoms with van der Waals surface area (Å²) >= 11 is 0. The Morgan fingerprint density at radius 1 is 1.40 bits per heavy atom. The average molecular weight is 280 g/mol. The largest absolute Gasteiger partial charge is 0.392 e. The number of nitrogens with two attached hydrogens (primary N) is 1. The van der Waals surface area contributed by atoms with Gasteiger partial charge in [-0.3, -0.25) is 14.6 Å². The highest BCUT2D eigenvalue weighted by atomic mass is 16.2. The second kappa shape index (κ2) is 5.94. The molecule has 0 radical (unpaired) electrons. The Hall–Kier alpha value is -2.05. The zero-order valence-corrected chi connectivity index (χ0v) is 11.6. The van der Waals surface area contributed by atoms with Crippen molar-refractivity contribution in [1.29, 1.82) is 0 Å². The predicted molar refractivity (Wildman–Crippen MR) is 75.6 cm³/mol. The molecule has 1 amide bonds. The monoisotopic (exact) mass is 280 g/mol. The second-order valence-electron chi connectivity index (χ2n) is 5.25. The number of rotatable bonds is 3. The van der Waals surface area contributed by atoms with Crippen LogP contribution >= 0.6 is 0 Å². The van der Waals surface area contributed by atoms with E-state index in [0.717, 1.165) is 25.7 Å². The molecule has 7 heteroatoms. The van der Waals surface area contributed by atoms with Gasteiger partial charge >= 0.3 is 5.69 Å². The maximum absolute atomic E-state index is 12.4. The first-order valence-corrected chi connectivity index (χ1v) is 6.94. The van der Waals surface area contributed by atoms with Crippen molar-refractivity contribution in [2.45, 2.75) is 32.6 Å². The molecule has 1 aliphatic rings. The number of nitrogens with zero attached hydrogens (tertiary/aromatic N) is 1. The highest BCUT2D eigenvalue weighted by Gasteiger charge is 2.26. The van der Waals surface area contributed by atoms with Crippen LogP contribution in [0.1, 0.15) is 43.1 Å². The molecule has 1 fully saturated rings. The van der Waals surface area contributed by atoms with Crippen molar-refractivity contribution < 1.29 is 4.79 Å². The number of aromatic nitrogens is 2. The average Bonchev–Trinajstić information content (AvgIpc) is 2.43. The van der Waals surface area contributed by atoms with Crippen LogP contribution in [0.2, 0.25) is 0 Å². The smallest absolute Gasteiger partial charge is 0.326 e. The van der Waals surface area contributed by atoms with Gasteiger partial charge < -0.3 is 15.6 Å². The van der Waals surface area contributed by atoms with Gasteiger partial charge in [0, 0.05) is 13.1 Å². The quantitative estimate of drug-likeness (QED) is 0.739. The van der Waals surface area contributed by atoms with Crippen LogP contribution < -0.4 is 17.0 Å². The lowest BCUT2D eigenvalue weighted by molar-refractivity contribution is 0.0662. The number of amides is 1. The third-order valence-corrected chi connectivity index (χ3v) is 3.70. The predicted octanol–water partition coefficient (Wildman–Crippen LogP) is 0.298. The molecule has 0 unspecified atom stereocenters. The SMILES string of the molecule is CCC[C@@H]1CCCN(C(=O)c2[nH]c(=O)[nH]c(=O)c2N)C1. The number of H-pyrrole nitrogens is 2. The number of aromatic amines is 2. The number of hydrogen-bond acceptors (Lipinski definition) is 4. The fourth-order valence-electron chi connectivity index (χ4n) is 2.72. The maximum atomic E-state index is 12.4. The van der Waals surface area contributed by atoms with Gasteiger partial charge in [-0.15, -0.1) is 0 Å². The molecular weight excluding hydrogens is 260 g/mol. The van der Waals surface area contributed by atoms with Crippen LogP contribution in [-0.2, 0) is 0 Å². The summed E-state index contributed by atoms with van der Waals surface area (Å²) in [6.45, 7) is 3.40. The highest BCUT2D eigenvalue weighted by molar-refractivity contribution is 5.96. The van der Waals surface area contributed by atoms with E-state index in [2.05, 4.69) is 11.9 Å². The van der Waals surface area contributed by atoms with Crippen LogP contribution in [0, 0.1) is 5.92 Å². The molecule has 1 atom stereocenters. The molecule has 20 heavy (non-hydrogen) atoms. The summed E-state index contributed by atoms with van der Waals surface area (Å²) in [6.07, 6.45) is 4.20. The van der Waals surface area contributed by atoms with Gasteiger partial charge in [0.1, 0.15) is 11.4 Å². The second-order valence-corrected chi connectivity index (χ2v) is 5.25. The van der Waals surface area contributed by atoms with Crippen molar-refractivity contribution in [1.82, 2.24) is 14.9 Å². The fourth-order valence-corrected chi connectivity index (χ4v) is 2.72. The number of anilines is 1. The van der Waals surface area contributed by atoms with E-state index >= 15 is 0 Å². The van der Waals surface area contributed by atoms with Crippen molar-refractivity contribution in [3.63, 3.8) is 0 Å². The number of likely N-dealkylation sites (tertiary alicyclic amines) is 1. The highest BCUT2D eigenvalue weighted by Crippen LogP contribution is 2.22. The minimum absolute atomic E-state index is 0.101. The number of carbonyl (C=O) groups excluding carboxylic acids is 1. The summed E-state index contributed by atoms with van der Waals surface area (Å²) in [5.41, 5.74) is 3.82. The maximum Gasteiger partial charge on any atom is 0.326 e. The first-order chi connectivity index (χ1) is 9.52. The minimum atomic E-state index is -0.723. The van der Waals surface area contributed by atoms with Gasteiger partial charge in [-0.1, -0.05) is 13.3 Å². The third kappa shape index (κ3) is 2.92. The normalized spacial score (nSPS) is 19.1. The van der Waals surface area contributed by atoms with Crippen LogP contribution in [0.5, 0.6) is 0 Å². The molecule has 1 aromatic rings. The van der Waals surface area contributed by atoms with E-state index in [-0.39, 0.29) is 17.3 Å². The van der Waals surface area contributed by atoms with Crippen molar-refractivity contribution in [2.24, 2.45) is 5.92 Å². The number of nitrogens with one attached hydrogen (secondary N) is 2. The lowest BCUT2D eigenvalue weighted by Gasteiger charge is -2.32. The van der Waals surface area contributed by atoms with Gasteiger partial charge in [0.15, 0.2) is 0 Å². The molecule has 0 aromatic carbocycles. The van der Waals surface area contributed by atoms with Crippen LogP contribution in [0.25, 0.3) is 0 Å². The summed E-state index contributed by atoms with van der Waals surface area (Å²) in [7, 11) is 0. The van der Waals surface area contributed by atoms with E-state index in [4.69, 9.17) is 5.73 Å². The Balaban J connectivity index is 2.23. The number of hydrogen-bond donors (Lipinski definition) is 3. The topological polar surface area (TPSA) is 112 Å². The molecular formula is C13H20N4O3. The van der Waals surface area contributed by atoms with Gasteiger partial charge in [0.05, 0.1) is 0 Å². The molecule has 0 bridgehead atoms. The Labute approximate surface area is 116 Å². The summed E-state index contributed by atoms with van der Waals surface area (Å²) in [4.78, 5) is 41.1. The summed E-state index contributed by atoms with van der Waals surface area (Å²) in [5.74, 6) is 0.110. The molecule has 2 rings (SSSR count). The van der Waals surface area contributed by atoms with Gasteiger partial charge in [0.2, 0.25) is 0 Å². The van der Waals surface area contributed by atoms with Crippen molar-refractivity contribution >= 4 is 11.6 Å². The Kier molecular flexibility index (Phi) is 4.26. The van der Waals surface area contributed by atoms with Crippen LogP contribution in [0.15, 0.2) is 9.59 Å². The van der Waals surface area contributed by atoms with Crippen molar-refractivity contribution in [3.05, 3.63) is 26.5 Å². The molecule has 2 heterocycles. The zero-order valence-electron chi connectivity index (χ0n) is 11.6. The first-order valence-electron chi connectivity index (χ1n) is 6.94. The van der Waals surface area contributed by atoms with Gasteiger partial charge in [0.25, 0.3) is 11.5 Å². The van der Waals surface area contributed by atoms with Crippen LogP contribution in [-0.4, -0.2) is 33.9 Å². The van der Waals surface area contributed by atoms with E-state index in [1.165, 1.54) is 0 Å². The molecule has 1 aromatic heterocycles. The lowest BCUT2D eigenvalue weighted by Crippen LogP contribution is -2.42. The zero-order chi connectivity index (χ0) is 14.7. The molecule has 0 spiro atoms. The van der Waals surface area contributed by atoms with Gasteiger partial charge in [-0.25, -0.2) is 4.79 Å².